The van der Waals surface area contributed by atoms with Gasteiger partial charge in [0, 0.05) is 6.42 Å². The van der Waals surface area contributed by atoms with Crippen LogP contribution >= 0.6 is 0 Å². The predicted octanol–water partition coefficient (Wildman–Crippen LogP) is 3.93. The number of rotatable bonds is 7. The van der Waals surface area contributed by atoms with Gasteiger partial charge in [-0.2, -0.15) is 0 Å². The van der Waals surface area contributed by atoms with Crippen LogP contribution in [0.3, 0.4) is 0 Å². The summed E-state index contributed by atoms with van der Waals surface area (Å²) in [5.74, 6) is 0. The highest BCUT2D eigenvalue weighted by molar-refractivity contribution is 5.73. The van der Waals surface area contributed by atoms with Gasteiger partial charge in [-0.05, 0) is 24.0 Å². The minimum Gasteiger partial charge on any atom is -0.298 e. The number of unbranched alkanes of at least 4 members (excludes halogenated alkanes) is 3. The molecule has 0 saturated carbocycles. The van der Waals surface area contributed by atoms with E-state index in [9.17, 15) is 4.79 Å². The summed E-state index contributed by atoms with van der Waals surface area (Å²) < 4.78 is 0. The molecule has 0 spiro atoms. The summed E-state index contributed by atoms with van der Waals surface area (Å²) in [5, 5.41) is 0. The second-order valence-corrected chi connectivity index (χ2v) is 4.06. The highest BCUT2D eigenvalue weighted by atomic mass is 16.1. The van der Waals surface area contributed by atoms with E-state index in [-0.39, 0.29) is 0 Å². The first kappa shape index (κ1) is 12.7. The van der Waals surface area contributed by atoms with E-state index in [2.05, 4.69) is 25.1 Å². The number of hydrogen-bond acceptors (Lipinski definition) is 1. The van der Waals surface area contributed by atoms with Crippen LogP contribution in [0.25, 0.3) is 0 Å². The van der Waals surface area contributed by atoms with Crippen molar-refractivity contribution in [2.24, 2.45) is 0 Å². The number of hydrogen-bond donors (Lipinski definition) is 0. The molecule has 0 unspecified atom stereocenters. The summed E-state index contributed by atoms with van der Waals surface area (Å²) in [6.07, 6.45) is 8.50. The van der Waals surface area contributed by atoms with Crippen LogP contribution < -0.4 is 0 Å². The molecule has 0 aliphatic heterocycles. The molecule has 0 fully saturated rings. The minimum absolute atomic E-state index is 0.760. The molecule has 0 atom stereocenters. The molecule has 1 aromatic rings. The Balaban J connectivity index is 2.45. The Morgan fingerprint density at radius 3 is 2.56 bits per heavy atom. The average Bonchev–Trinajstić information content (AvgIpc) is 2.34. The van der Waals surface area contributed by atoms with E-state index >= 15 is 0 Å². The van der Waals surface area contributed by atoms with Crippen LogP contribution in [0, 0.1) is 0 Å². The normalized spacial score (nSPS) is 11.4. The maximum atomic E-state index is 10.9. The first-order chi connectivity index (χ1) is 7.86. The summed E-state index contributed by atoms with van der Waals surface area (Å²) in [6.45, 7) is 2.19. The van der Waals surface area contributed by atoms with Gasteiger partial charge in [-0.1, -0.05) is 56.2 Å². The molecule has 86 valence electrons. The van der Waals surface area contributed by atoms with Crippen molar-refractivity contribution in [2.45, 2.75) is 39.0 Å². The topological polar surface area (TPSA) is 17.1 Å². The third-order valence-electron chi connectivity index (χ3n) is 2.62. The van der Waals surface area contributed by atoms with Gasteiger partial charge in [0.15, 0.2) is 0 Å². The smallest absolute Gasteiger partial charge is 0.146 e. The Hall–Kier alpha value is -1.37. The third kappa shape index (κ3) is 4.92. The van der Waals surface area contributed by atoms with Crippen LogP contribution in [0.1, 0.15) is 38.2 Å². The molecule has 0 radical (unpaired) electrons. The van der Waals surface area contributed by atoms with E-state index in [4.69, 9.17) is 0 Å². The summed E-state index contributed by atoms with van der Waals surface area (Å²) in [6, 6.07) is 10.1. The quantitative estimate of drug-likeness (QED) is 0.383. The van der Waals surface area contributed by atoms with Crippen LogP contribution in [-0.4, -0.2) is 6.29 Å². The third-order valence-corrected chi connectivity index (χ3v) is 2.62. The van der Waals surface area contributed by atoms with Gasteiger partial charge in [0.05, 0.1) is 0 Å². The Labute approximate surface area is 98.2 Å². The molecule has 0 aromatic heterocycles. The molecule has 16 heavy (non-hydrogen) atoms. The second kappa shape index (κ2) is 7.86. The van der Waals surface area contributed by atoms with Crippen molar-refractivity contribution < 1.29 is 4.79 Å². The summed E-state index contributed by atoms with van der Waals surface area (Å²) in [4.78, 5) is 10.9. The monoisotopic (exact) mass is 216 g/mol. The fourth-order valence-electron chi connectivity index (χ4n) is 1.68. The molecule has 1 heteroatoms. The molecule has 1 nitrogen and oxygen atoms in total. The summed E-state index contributed by atoms with van der Waals surface area (Å²) >= 11 is 0. The number of allylic oxidation sites excluding steroid dienone is 2. The number of benzene rings is 1. The zero-order chi connectivity index (χ0) is 11.6. The van der Waals surface area contributed by atoms with Gasteiger partial charge >= 0.3 is 0 Å². The van der Waals surface area contributed by atoms with Gasteiger partial charge in [-0.15, -0.1) is 0 Å². The van der Waals surface area contributed by atoms with Crippen LogP contribution in [0.2, 0.25) is 0 Å². The van der Waals surface area contributed by atoms with E-state index in [1.807, 2.05) is 18.2 Å². The van der Waals surface area contributed by atoms with Crippen LogP contribution in [0.4, 0.5) is 0 Å². The van der Waals surface area contributed by atoms with E-state index in [1.54, 1.807) is 0 Å². The van der Waals surface area contributed by atoms with Gasteiger partial charge < -0.3 is 0 Å². The van der Waals surface area contributed by atoms with Crippen molar-refractivity contribution >= 4 is 6.29 Å². The zero-order valence-electron chi connectivity index (χ0n) is 9.99. The van der Waals surface area contributed by atoms with E-state index in [0.29, 0.717) is 0 Å². The van der Waals surface area contributed by atoms with E-state index in [0.717, 1.165) is 24.7 Å². The minimum atomic E-state index is 0.760. The van der Waals surface area contributed by atoms with Gasteiger partial charge in [0.1, 0.15) is 6.29 Å². The number of carbonyl (C=O) groups excluding carboxylic acids is 1. The molecular formula is C15H20O. The second-order valence-electron chi connectivity index (χ2n) is 4.06. The molecule has 0 heterocycles. The van der Waals surface area contributed by atoms with Crippen molar-refractivity contribution in [2.75, 3.05) is 0 Å². The lowest BCUT2D eigenvalue weighted by Gasteiger charge is -2.00. The predicted molar refractivity (Wildman–Crippen MR) is 68.4 cm³/mol. The van der Waals surface area contributed by atoms with Crippen LogP contribution in [-0.2, 0) is 11.2 Å². The van der Waals surface area contributed by atoms with Gasteiger partial charge in [0.25, 0.3) is 0 Å². The lowest BCUT2D eigenvalue weighted by molar-refractivity contribution is -0.105. The molecule has 1 aromatic carbocycles. The summed E-state index contributed by atoms with van der Waals surface area (Å²) in [7, 11) is 0. The number of aldehydes is 1. The van der Waals surface area contributed by atoms with Crippen LogP contribution in [0.5, 0.6) is 0 Å². The lowest BCUT2D eigenvalue weighted by Crippen LogP contribution is -1.92. The SMILES string of the molecule is CCCCC/C=C(/C=O)Cc1ccccc1. The Kier molecular flexibility index (Phi) is 6.24. The van der Waals surface area contributed by atoms with Crippen molar-refractivity contribution in [3.05, 3.63) is 47.5 Å². The first-order valence-electron chi connectivity index (χ1n) is 6.05. The lowest BCUT2D eigenvalue weighted by atomic mass is 10.0. The molecule has 0 aliphatic carbocycles. The zero-order valence-corrected chi connectivity index (χ0v) is 9.99. The average molecular weight is 216 g/mol. The molecule has 0 N–H and O–H groups in total. The van der Waals surface area contributed by atoms with Crippen LogP contribution in [0.15, 0.2) is 42.0 Å². The highest BCUT2D eigenvalue weighted by Crippen LogP contribution is 2.08. The Morgan fingerprint density at radius 1 is 1.19 bits per heavy atom. The fraction of sp³-hybridized carbons (Fsp3) is 0.400. The fourth-order valence-corrected chi connectivity index (χ4v) is 1.68. The van der Waals surface area contributed by atoms with Crippen molar-refractivity contribution in [1.29, 1.82) is 0 Å². The van der Waals surface area contributed by atoms with Gasteiger partial charge in [-0.25, -0.2) is 0 Å². The highest BCUT2D eigenvalue weighted by Gasteiger charge is 1.97. The molecule has 0 bridgehead atoms. The molecule has 0 saturated heterocycles. The Morgan fingerprint density at radius 2 is 1.94 bits per heavy atom. The van der Waals surface area contributed by atoms with Crippen molar-refractivity contribution in [1.82, 2.24) is 0 Å². The summed E-state index contributed by atoms with van der Waals surface area (Å²) in [5.41, 5.74) is 2.11. The Bertz CT molecular complexity index is 325. The van der Waals surface area contributed by atoms with Crippen molar-refractivity contribution in [3.63, 3.8) is 0 Å². The number of carbonyl (C=O) groups is 1. The van der Waals surface area contributed by atoms with Crippen molar-refractivity contribution in [3.8, 4) is 0 Å². The molecular weight excluding hydrogens is 196 g/mol. The van der Waals surface area contributed by atoms with E-state index < -0.39 is 0 Å². The standard InChI is InChI=1S/C15H20O/c1-2-3-4-6-11-15(13-16)12-14-9-7-5-8-10-14/h5,7-11,13H,2-4,6,12H2,1H3/b15-11+. The van der Waals surface area contributed by atoms with Gasteiger partial charge in [0.2, 0.25) is 0 Å². The van der Waals surface area contributed by atoms with E-state index in [1.165, 1.54) is 24.8 Å². The first-order valence-corrected chi connectivity index (χ1v) is 6.05. The molecule has 0 amide bonds. The maximum Gasteiger partial charge on any atom is 0.146 e. The van der Waals surface area contributed by atoms with Gasteiger partial charge in [-0.3, -0.25) is 4.79 Å². The molecule has 0 aliphatic rings. The maximum absolute atomic E-state index is 10.9. The molecule has 1 rings (SSSR count). The largest absolute Gasteiger partial charge is 0.298 e.